The summed E-state index contributed by atoms with van der Waals surface area (Å²) in [5.74, 6) is -2.23. The van der Waals surface area contributed by atoms with Crippen LogP contribution in [0.15, 0.2) is 50.6 Å². The largest absolute Gasteiger partial charge is 0.466 e. The number of rotatable bonds is 52. The van der Waals surface area contributed by atoms with Gasteiger partial charge in [-0.1, -0.05) is 220 Å². The molecule has 12 heteroatoms. The number of unbranched alkanes of at least 4 members (excludes halogenated alkanes) is 24. The minimum atomic E-state index is -0.512. The van der Waals surface area contributed by atoms with E-state index in [9.17, 15) is 28.8 Å². The minimum Gasteiger partial charge on any atom is -0.466 e. The Morgan fingerprint density at radius 1 is 0.312 bits per heavy atom. The topological polar surface area (TPSA) is 158 Å². The van der Waals surface area contributed by atoms with Crippen LogP contribution >= 0.6 is 0 Å². The first-order valence-electron chi connectivity index (χ1n) is 32.3. The summed E-state index contributed by atoms with van der Waals surface area (Å²) < 4.78 is 32.9. The molecule has 0 bridgehead atoms. The van der Waals surface area contributed by atoms with Crippen LogP contribution in [0, 0.1) is 0 Å². The highest BCUT2D eigenvalue weighted by molar-refractivity contribution is 5.75. The molecule has 0 aliphatic heterocycles. The van der Waals surface area contributed by atoms with Gasteiger partial charge in [-0.3, -0.25) is 28.8 Å². The maximum Gasteiger partial charge on any atom is 0.309 e. The minimum absolute atomic E-state index is 0.00899. The summed E-state index contributed by atoms with van der Waals surface area (Å²) in [6, 6.07) is 0. The second-order valence-electron chi connectivity index (χ2n) is 20.8. The van der Waals surface area contributed by atoms with Crippen molar-refractivity contribution in [3.63, 3.8) is 0 Å². The average molecular weight is 1130 g/mol. The van der Waals surface area contributed by atoms with Crippen LogP contribution in [0.3, 0.4) is 0 Å². The molecule has 0 aliphatic rings. The van der Waals surface area contributed by atoms with Crippen molar-refractivity contribution in [1.29, 1.82) is 0 Å². The van der Waals surface area contributed by atoms with Gasteiger partial charge in [-0.25, -0.2) is 0 Å². The standard InChI is InChI=1S/C32H58O6.C30H54O6.C4H8.C2H4/c1-5-9-12-14-16-18-21-23-28(26-31(34)36-8-4)38-32(35)27-29(37-30(33)25-20-11-7-3)24-22-19-17-15-13-10-6-2;1-5-9-11-13-15-17-19-22-26(24-29(32)34-8-4)36-30(33)25-27(35-28(31)21-7-3)23-20-18-16-14-12-10-6-2;1-3-4-2;1-2/h11,20,28-29H,5-10,12-19,21-27H2,1-4H3;7,26-27H,3,5-6,8-25H2,1-2,4H3;3H,1,4H2,2H3;1-2H2/b20-11+;;;. The van der Waals surface area contributed by atoms with Gasteiger partial charge in [0.1, 0.15) is 24.4 Å². The van der Waals surface area contributed by atoms with Crippen LogP contribution in [0.1, 0.15) is 312 Å². The number of allylic oxidation sites excluding steroid dienone is 2. The van der Waals surface area contributed by atoms with Gasteiger partial charge in [0.15, 0.2) is 0 Å². The van der Waals surface area contributed by atoms with E-state index in [0.29, 0.717) is 38.9 Å². The maximum absolute atomic E-state index is 12.9. The highest BCUT2D eigenvalue weighted by Crippen LogP contribution is 2.21. The van der Waals surface area contributed by atoms with Crippen molar-refractivity contribution < 1.29 is 57.2 Å². The number of hydrogen-bond donors (Lipinski definition) is 0. The fourth-order valence-corrected chi connectivity index (χ4v) is 8.71. The molecule has 0 aromatic heterocycles. The summed E-state index contributed by atoms with van der Waals surface area (Å²) in [5, 5.41) is 0. The monoisotopic (exact) mass is 1130 g/mol. The molecule has 0 spiro atoms. The molecule has 12 nitrogen and oxygen atoms in total. The second-order valence-corrected chi connectivity index (χ2v) is 20.8. The van der Waals surface area contributed by atoms with Crippen molar-refractivity contribution in [1.82, 2.24) is 0 Å². The third kappa shape index (κ3) is 63.0. The molecule has 0 aliphatic carbocycles. The molecule has 0 radical (unpaired) electrons. The summed E-state index contributed by atoms with van der Waals surface area (Å²) in [4.78, 5) is 74.2. The van der Waals surface area contributed by atoms with Gasteiger partial charge in [0, 0.05) is 0 Å². The predicted octanol–water partition coefficient (Wildman–Crippen LogP) is 19.2. The molecular weight excluding hydrogens is 1010 g/mol. The van der Waals surface area contributed by atoms with Crippen LogP contribution in [0.25, 0.3) is 0 Å². The third-order valence-corrected chi connectivity index (χ3v) is 13.2. The van der Waals surface area contributed by atoms with Crippen molar-refractivity contribution in [2.45, 2.75) is 337 Å². The van der Waals surface area contributed by atoms with Crippen molar-refractivity contribution in [3.8, 4) is 0 Å². The summed E-state index contributed by atoms with van der Waals surface area (Å²) in [5.41, 5.74) is 0. The van der Waals surface area contributed by atoms with Gasteiger partial charge in [0.05, 0.1) is 51.7 Å². The summed E-state index contributed by atoms with van der Waals surface area (Å²) in [7, 11) is 0. The molecule has 0 saturated heterocycles. The zero-order valence-electron chi connectivity index (χ0n) is 53.0. The van der Waals surface area contributed by atoms with Crippen LogP contribution in [0.4, 0.5) is 0 Å². The highest BCUT2D eigenvalue weighted by atomic mass is 16.6. The van der Waals surface area contributed by atoms with E-state index < -0.39 is 36.4 Å². The van der Waals surface area contributed by atoms with E-state index in [-0.39, 0.29) is 62.4 Å². The Balaban J connectivity index is -0.000000657. The van der Waals surface area contributed by atoms with E-state index in [0.717, 1.165) is 89.9 Å². The van der Waals surface area contributed by atoms with Crippen LogP contribution in [0.2, 0.25) is 0 Å². The molecule has 0 N–H and O–H groups in total. The molecule has 4 unspecified atom stereocenters. The molecule has 0 saturated carbocycles. The lowest BCUT2D eigenvalue weighted by atomic mass is 10.0. The van der Waals surface area contributed by atoms with Gasteiger partial charge in [-0.2, -0.15) is 0 Å². The number of hydrogen-bond acceptors (Lipinski definition) is 12. The van der Waals surface area contributed by atoms with Gasteiger partial charge in [-0.15, -0.1) is 26.3 Å². The maximum atomic E-state index is 12.9. The molecular formula is C68H124O12. The lowest BCUT2D eigenvalue weighted by Gasteiger charge is -2.21. The molecule has 0 rings (SSSR count). The molecule has 0 heterocycles. The van der Waals surface area contributed by atoms with E-state index in [4.69, 9.17) is 28.4 Å². The predicted molar refractivity (Wildman–Crippen MR) is 332 cm³/mol. The third-order valence-electron chi connectivity index (χ3n) is 13.2. The van der Waals surface area contributed by atoms with Crippen LogP contribution in [-0.2, 0) is 57.2 Å². The van der Waals surface area contributed by atoms with Crippen LogP contribution < -0.4 is 0 Å². The van der Waals surface area contributed by atoms with E-state index in [1.165, 1.54) is 109 Å². The smallest absolute Gasteiger partial charge is 0.309 e. The van der Waals surface area contributed by atoms with Gasteiger partial charge < -0.3 is 28.4 Å². The molecule has 0 amide bonds. The zero-order valence-corrected chi connectivity index (χ0v) is 53.0. The van der Waals surface area contributed by atoms with E-state index >= 15 is 0 Å². The van der Waals surface area contributed by atoms with Gasteiger partial charge in [-0.05, 0) is 78.1 Å². The Morgan fingerprint density at radius 3 is 0.812 bits per heavy atom. The Kier molecular flexibility index (Phi) is 69.2. The SMILES string of the molecule is C=C.C=CCC.C=CCC(=O)OC(CCCCCCCCC)CC(=O)OC(CCCCCCCCC)CC(=O)OCC.CC/C=C/CC(=O)OC(CCCCCCCCC)CC(=O)OC(CCCCCCCCC)CC(=O)OCC. The first kappa shape index (κ1) is 82.2. The summed E-state index contributed by atoms with van der Waals surface area (Å²) in [6.07, 6.45) is 42.4. The Labute approximate surface area is 491 Å². The van der Waals surface area contributed by atoms with Crippen molar-refractivity contribution in [2.24, 2.45) is 0 Å². The second kappa shape index (κ2) is 67.3. The molecule has 0 aromatic rings. The van der Waals surface area contributed by atoms with E-state index in [1.54, 1.807) is 13.8 Å². The summed E-state index contributed by atoms with van der Waals surface area (Å²) in [6.45, 7) is 30.1. The molecule has 4 atom stereocenters. The molecule has 0 fully saturated rings. The van der Waals surface area contributed by atoms with Crippen molar-refractivity contribution >= 4 is 35.8 Å². The van der Waals surface area contributed by atoms with Crippen molar-refractivity contribution in [2.75, 3.05) is 13.2 Å². The molecule has 80 heavy (non-hydrogen) atoms. The van der Waals surface area contributed by atoms with E-state index in [1.807, 2.05) is 25.2 Å². The van der Waals surface area contributed by atoms with Crippen LogP contribution in [-0.4, -0.2) is 73.4 Å². The highest BCUT2D eigenvalue weighted by Gasteiger charge is 2.25. The van der Waals surface area contributed by atoms with Crippen LogP contribution in [0.5, 0.6) is 0 Å². The number of carbonyl (C=O) groups is 6. The zero-order chi connectivity index (χ0) is 60.5. The summed E-state index contributed by atoms with van der Waals surface area (Å²) >= 11 is 0. The lowest BCUT2D eigenvalue weighted by molar-refractivity contribution is -0.162. The number of ether oxygens (including phenoxy) is 6. The van der Waals surface area contributed by atoms with Gasteiger partial charge in [0.2, 0.25) is 0 Å². The first-order valence-corrected chi connectivity index (χ1v) is 32.3. The number of esters is 6. The first-order chi connectivity index (χ1) is 38.8. The fraction of sp³-hybridized carbons (Fsp3) is 0.794. The fourth-order valence-electron chi connectivity index (χ4n) is 8.71. The van der Waals surface area contributed by atoms with Gasteiger partial charge >= 0.3 is 35.8 Å². The van der Waals surface area contributed by atoms with Crippen molar-refractivity contribution in [3.05, 3.63) is 50.6 Å². The Bertz CT molecular complexity index is 1480. The lowest BCUT2D eigenvalue weighted by Crippen LogP contribution is -2.27. The normalized spacial score (nSPS) is 12.1. The Hall–Kier alpha value is -4.22. The van der Waals surface area contributed by atoms with E-state index in [2.05, 4.69) is 60.9 Å². The quantitative estimate of drug-likeness (QED) is 0.0246. The number of carbonyl (C=O) groups excluding carboxylic acids is 6. The van der Waals surface area contributed by atoms with Gasteiger partial charge in [0.25, 0.3) is 0 Å². The molecule has 468 valence electrons. The average Bonchev–Trinajstić information content (AvgIpc) is 3.42. The molecule has 0 aromatic carbocycles. The Morgan fingerprint density at radius 2 is 0.562 bits per heavy atom.